The van der Waals surface area contributed by atoms with Crippen LogP contribution in [0.2, 0.25) is 0 Å². The molecule has 0 radical (unpaired) electrons. The van der Waals surface area contributed by atoms with Crippen LogP contribution in [-0.2, 0) is 0 Å². The monoisotopic (exact) mass is 403 g/mol. The van der Waals surface area contributed by atoms with Gasteiger partial charge in [0.2, 0.25) is 0 Å². The Morgan fingerprint density at radius 1 is 1.11 bits per heavy atom. The lowest BCUT2D eigenvalue weighted by atomic mass is 10.1. The van der Waals surface area contributed by atoms with Gasteiger partial charge in [0.15, 0.2) is 0 Å². The number of hydrogen-bond donors (Lipinski definition) is 1. The summed E-state index contributed by atoms with van der Waals surface area (Å²) in [6.45, 7) is 5.91. The van der Waals surface area contributed by atoms with Crippen molar-refractivity contribution in [2.45, 2.75) is 20.8 Å². The minimum absolute atomic E-state index is 0.231. The molecule has 28 heavy (non-hydrogen) atoms. The summed E-state index contributed by atoms with van der Waals surface area (Å²) in [5.41, 5.74) is 3.55. The number of amides is 1. The second-order valence-corrected chi connectivity index (χ2v) is 9.05. The molecule has 4 nitrogen and oxygen atoms in total. The lowest BCUT2D eigenvalue weighted by molar-refractivity contribution is 0.102. The van der Waals surface area contributed by atoms with Crippen molar-refractivity contribution in [1.82, 2.24) is 4.98 Å². The van der Waals surface area contributed by atoms with Gasteiger partial charge in [0.05, 0.1) is 27.2 Å². The minimum Gasteiger partial charge on any atom is -0.312 e. The average molecular weight is 404 g/mol. The number of rotatable bonds is 3. The van der Waals surface area contributed by atoms with Gasteiger partial charge in [-0.1, -0.05) is 18.2 Å². The highest BCUT2D eigenvalue weighted by Crippen LogP contribution is 2.33. The topological polar surface area (TPSA) is 65.8 Å². The van der Waals surface area contributed by atoms with E-state index >= 15 is 0 Å². The maximum Gasteiger partial charge on any atom is 0.257 e. The number of aryl methyl sites for hydroxylation is 2. The van der Waals surface area contributed by atoms with Crippen molar-refractivity contribution in [3.05, 3.63) is 68.9 Å². The predicted molar refractivity (Wildman–Crippen MR) is 116 cm³/mol. The summed E-state index contributed by atoms with van der Waals surface area (Å²) < 4.78 is 0. The summed E-state index contributed by atoms with van der Waals surface area (Å²) >= 11 is 3.08. The Hall–Kier alpha value is -3.01. The first-order chi connectivity index (χ1) is 13.5. The molecule has 1 aromatic carbocycles. The molecule has 0 aliphatic carbocycles. The Morgan fingerprint density at radius 3 is 2.61 bits per heavy atom. The first kappa shape index (κ1) is 18.4. The zero-order valence-corrected chi connectivity index (χ0v) is 17.3. The van der Waals surface area contributed by atoms with Crippen molar-refractivity contribution in [3.63, 3.8) is 0 Å². The molecule has 0 unspecified atom stereocenters. The highest BCUT2D eigenvalue weighted by Gasteiger charge is 2.19. The first-order valence-corrected chi connectivity index (χ1v) is 10.4. The number of fused-ring (bicyclic) bond motifs is 1. The summed E-state index contributed by atoms with van der Waals surface area (Å²) in [5, 5.41) is 13.8. The average Bonchev–Trinajstić information content (AvgIpc) is 3.24. The van der Waals surface area contributed by atoms with Crippen molar-refractivity contribution >= 4 is 44.5 Å². The van der Waals surface area contributed by atoms with E-state index in [0.29, 0.717) is 16.1 Å². The molecule has 0 aliphatic rings. The van der Waals surface area contributed by atoms with Gasteiger partial charge in [-0.15, -0.1) is 22.7 Å². The number of pyridine rings is 1. The molecule has 0 spiro atoms. The number of nitrogens with zero attached hydrogens (tertiary/aromatic N) is 2. The summed E-state index contributed by atoms with van der Waals surface area (Å²) in [7, 11) is 0. The van der Waals surface area contributed by atoms with E-state index in [9.17, 15) is 10.1 Å². The van der Waals surface area contributed by atoms with Gasteiger partial charge in [0, 0.05) is 15.1 Å². The van der Waals surface area contributed by atoms with E-state index in [1.807, 2.05) is 63.2 Å². The number of nitrogens with one attached hydrogen (secondary N) is 1. The molecule has 3 aromatic heterocycles. The van der Waals surface area contributed by atoms with Gasteiger partial charge in [-0.2, -0.15) is 5.26 Å². The van der Waals surface area contributed by atoms with Crippen molar-refractivity contribution in [1.29, 1.82) is 5.26 Å². The third-order valence-electron chi connectivity index (χ3n) is 4.68. The third-order valence-corrected chi connectivity index (χ3v) is 6.82. The van der Waals surface area contributed by atoms with Gasteiger partial charge in [-0.05, 0) is 50.6 Å². The van der Waals surface area contributed by atoms with E-state index in [4.69, 9.17) is 4.98 Å². The summed E-state index contributed by atoms with van der Waals surface area (Å²) in [6.07, 6.45) is 0. The van der Waals surface area contributed by atoms with Crippen LogP contribution in [0.25, 0.3) is 21.5 Å². The quantitative estimate of drug-likeness (QED) is 0.451. The maximum atomic E-state index is 13.2. The van der Waals surface area contributed by atoms with Gasteiger partial charge >= 0.3 is 0 Å². The highest BCUT2D eigenvalue weighted by molar-refractivity contribution is 7.16. The van der Waals surface area contributed by atoms with Crippen LogP contribution in [0.3, 0.4) is 0 Å². The number of anilines is 1. The molecule has 4 aromatic rings. The molecule has 4 rings (SSSR count). The number of nitriles is 1. The van der Waals surface area contributed by atoms with E-state index in [0.717, 1.165) is 31.9 Å². The van der Waals surface area contributed by atoms with Crippen LogP contribution in [-0.4, -0.2) is 10.9 Å². The molecular weight excluding hydrogens is 386 g/mol. The molecule has 3 heterocycles. The standard InChI is InChI=1S/C22H17N3OS2/c1-12-8-9-20(27-12)19-10-16(15-6-4-5-7-18(15)24-19)21(26)25-22-17(11-23)13(2)14(3)28-22/h4-10H,1-3H3,(H,25,26). The smallest absolute Gasteiger partial charge is 0.257 e. The highest BCUT2D eigenvalue weighted by atomic mass is 32.1. The Bertz CT molecular complexity index is 1260. The SMILES string of the molecule is Cc1ccc(-c2cc(C(=O)Nc3sc(C)c(C)c3C#N)c3ccccc3n2)s1. The van der Waals surface area contributed by atoms with Crippen LogP contribution in [0.4, 0.5) is 5.00 Å². The number of hydrogen-bond acceptors (Lipinski definition) is 5. The molecule has 6 heteroatoms. The normalized spacial score (nSPS) is 10.8. The van der Waals surface area contributed by atoms with Gasteiger partial charge < -0.3 is 5.32 Å². The van der Waals surface area contributed by atoms with Crippen molar-refractivity contribution in [3.8, 4) is 16.6 Å². The fourth-order valence-corrected chi connectivity index (χ4v) is 4.92. The van der Waals surface area contributed by atoms with E-state index in [1.54, 1.807) is 11.3 Å². The number of para-hydroxylation sites is 1. The summed E-state index contributed by atoms with van der Waals surface area (Å²) in [4.78, 5) is 21.2. The Balaban J connectivity index is 1.82. The first-order valence-electron chi connectivity index (χ1n) is 8.76. The van der Waals surface area contributed by atoms with Crippen LogP contribution >= 0.6 is 22.7 Å². The summed E-state index contributed by atoms with van der Waals surface area (Å²) in [6, 6.07) is 15.7. The lowest BCUT2D eigenvalue weighted by Gasteiger charge is -2.09. The van der Waals surface area contributed by atoms with E-state index in [-0.39, 0.29) is 5.91 Å². The summed E-state index contributed by atoms with van der Waals surface area (Å²) in [5.74, 6) is -0.231. The van der Waals surface area contributed by atoms with E-state index < -0.39 is 0 Å². The minimum atomic E-state index is -0.231. The third kappa shape index (κ3) is 3.19. The molecule has 0 aliphatic heterocycles. The molecule has 0 saturated carbocycles. The molecule has 1 N–H and O–H groups in total. The van der Waals surface area contributed by atoms with Crippen molar-refractivity contribution < 1.29 is 4.79 Å². The van der Waals surface area contributed by atoms with Crippen LogP contribution in [0, 0.1) is 32.1 Å². The number of carbonyl (C=O) groups excluding carboxylic acids is 1. The number of benzene rings is 1. The fraction of sp³-hybridized carbons (Fsp3) is 0.136. The Morgan fingerprint density at radius 2 is 1.89 bits per heavy atom. The van der Waals surface area contributed by atoms with Crippen LogP contribution in [0.1, 0.15) is 31.2 Å². The Kier molecular flexibility index (Phi) is 4.71. The second kappa shape index (κ2) is 7.19. The molecule has 138 valence electrons. The zero-order valence-electron chi connectivity index (χ0n) is 15.7. The van der Waals surface area contributed by atoms with Crippen molar-refractivity contribution in [2.24, 2.45) is 0 Å². The van der Waals surface area contributed by atoms with Crippen LogP contribution in [0.15, 0.2) is 42.5 Å². The maximum absolute atomic E-state index is 13.2. The van der Waals surface area contributed by atoms with E-state index in [1.165, 1.54) is 16.2 Å². The van der Waals surface area contributed by atoms with Crippen LogP contribution < -0.4 is 5.32 Å². The van der Waals surface area contributed by atoms with E-state index in [2.05, 4.69) is 11.4 Å². The zero-order chi connectivity index (χ0) is 19.8. The van der Waals surface area contributed by atoms with Gasteiger partial charge in [0.25, 0.3) is 5.91 Å². The van der Waals surface area contributed by atoms with Gasteiger partial charge in [-0.3, -0.25) is 4.79 Å². The predicted octanol–water partition coefficient (Wildman–Crippen LogP) is 6.07. The second-order valence-electron chi connectivity index (χ2n) is 6.54. The van der Waals surface area contributed by atoms with Gasteiger partial charge in [0.1, 0.15) is 11.1 Å². The fourth-order valence-electron chi connectivity index (χ4n) is 3.08. The van der Waals surface area contributed by atoms with Gasteiger partial charge in [-0.25, -0.2) is 4.98 Å². The Labute approximate surface area is 171 Å². The molecule has 0 atom stereocenters. The van der Waals surface area contributed by atoms with Crippen molar-refractivity contribution in [2.75, 3.05) is 5.32 Å². The number of aromatic nitrogens is 1. The number of thiophene rings is 2. The molecular formula is C22H17N3OS2. The van der Waals surface area contributed by atoms with Crippen LogP contribution in [0.5, 0.6) is 0 Å². The molecule has 0 bridgehead atoms. The largest absolute Gasteiger partial charge is 0.312 e. The molecule has 0 fully saturated rings. The molecule has 1 amide bonds. The lowest BCUT2D eigenvalue weighted by Crippen LogP contribution is -2.13. The molecule has 0 saturated heterocycles. The number of carbonyl (C=O) groups is 1.